The third-order valence-corrected chi connectivity index (χ3v) is 4.96. The molecule has 0 rings (SSSR count). The van der Waals surface area contributed by atoms with Gasteiger partial charge in [0.1, 0.15) is 0 Å². The number of aliphatic carboxylic acids is 1. The van der Waals surface area contributed by atoms with E-state index in [4.69, 9.17) is 10.2 Å². The highest BCUT2D eigenvalue weighted by Crippen LogP contribution is 2.12. The summed E-state index contributed by atoms with van der Waals surface area (Å²) >= 11 is 0. The van der Waals surface area contributed by atoms with Gasteiger partial charge >= 0.3 is 5.97 Å². The van der Waals surface area contributed by atoms with Gasteiger partial charge in [-0.05, 0) is 38.5 Å². The van der Waals surface area contributed by atoms with Crippen LogP contribution in [0.3, 0.4) is 0 Å². The van der Waals surface area contributed by atoms with Crippen LogP contribution in [0.4, 0.5) is 0 Å². The van der Waals surface area contributed by atoms with Gasteiger partial charge in [0, 0.05) is 13.0 Å². The number of carboxylic acid groups (broad SMARTS) is 1. The van der Waals surface area contributed by atoms with E-state index in [1.54, 1.807) is 0 Å². The highest BCUT2D eigenvalue weighted by atomic mass is 16.4. The van der Waals surface area contributed by atoms with Crippen molar-refractivity contribution in [1.82, 2.24) is 0 Å². The Balaban J connectivity index is 3.07. The van der Waals surface area contributed by atoms with Gasteiger partial charge in [0.2, 0.25) is 0 Å². The van der Waals surface area contributed by atoms with Crippen LogP contribution < -0.4 is 0 Å². The van der Waals surface area contributed by atoms with E-state index in [9.17, 15) is 4.79 Å². The molecule has 0 aromatic heterocycles. The summed E-state index contributed by atoms with van der Waals surface area (Å²) in [6.45, 7) is 0.350. The minimum atomic E-state index is -0.664. The second kappa shape index (κ2) is 22.2. The number of aliphatic hydroxyl groups is 1. The van der Waals surface area contributed by atoms with E-state index >= 15 is 0 Å². The normalized spacial score (nSPS) is 11.4. The molecule has 0 aliphatic heterocycles. The van der Waals surface area contributed by atoms with Crippen molar-refractivity contribution in [3.05, 3.63) is 12.2 Å². The van der Waals surface area contributed by atoms with Crippen molar-refractivity contribution >= 4 is 5.97 Å². The first kappa shape index (κ1) is 25.2. The molecule has 0 unspecified atom stereocenters. The molecule has 0 radical (unpaired) electrons. The first-order valence-corrected chi connectivity index (χ1v) is 11.2. The van der Waals surface area contributed by atoms with Gasteiger partial charge < -0.3 is 10.2 Å². The summed E-state index contributed by atoms with van der Waals surface area (Å²) in [6, 6.07) is 0. The lowest BCUT2D eigenvalue weighted by molar-refractivity contribution is -0.137. The molecule has 3 heteroatoms. The van der Waals surface area contributed by atoms with Gasteiger partial charge in [-0.1, -0.05) is 89.2 Å². The largest absolute Gasteiger partial charge is 0.481 e. The Morgan fingerprint density at radius 2 is 0.885 bits per heavy atom. The minimum Gasteiger partial charge on any atom is -0.481 e. The Kier molecular flexibility index (Phi) is 21.5. The summed E-state index contributed by atoms with van der Waals surface area (Å²) in [5.74, 6) is -0.664. The van der Waals surface area contributed by atoms with E-state index in [0.29, 0.717) is 13.0 Å². The molecule has 0 bridgehead atoms. The number of rotatable bonds is 21. The van der Waals surface area contributed by atoms with Crippen molar-refractivity contribution in [1.29, 1.82) is 0 Å². The number of hydrogen-bond donors (Lipinski definition) is 2. The van der Waals surface area contributed by atoms with Crippen LogP contribution in [0, 0.1) is 0 Å². The van der Waals surface area contributed by atoms with Gasteiger partial charge in [0.15, 0.2) is 0 Å². The zero-order valence-electron chi connectivity index (χ0n) is 17.1. The van der Waals surface area contributed by atoms with E-state index in [2.05, 4.69) is 12.2 Å². The fourth-order valence-corrected chi connectivity index (χ4v) is 3.27. The monoisotopic (exact) mass is 368 g/mol. The summed E-state index contributed by atoms with van der Waals surface area (Å²) in [5.41, 5.74) is 0. The Bertz CT molecular complexity index is 313. The summed E-state index contributed by atoms with van der Waals surface area (Å²) in [4.78, 5) is 10.4. The zero-order valence-corrected chi connectivity index (χ0v) is 17.1. The number of unbranched alkanes of at least 4 members (excludes halogenated alkanes) is 16. The molecule has 0 fully saturated rings. The van der Waals surface area contributed by atoms with Crippen molar-refractivity contribution in [3.8, 4) is 0 Å². The number of carbonyl (C=O) groups is 1. The van der Waals surface area contributed by atoms with Crippen LogP contribution in [0.2, 0.25) is 0 Å². The number of aliphatic hydroxyl groups excluding tert-OH is 1. The average molecular weight is 369 g/mol. The molecule has 0 aliphatic carbocycles. The van der Waals surface area contributed by atoms with E-state index < -0.39 is 5.97 Å². The smallest absolute Gasteiger partial charge is 0.303 e. The van der Waals surface area contributed by atoms with Gasteiger partial charge in [-0.3, -0.25) is 4.79 Å². The van der Waals surface area contributed by atoms with Gasteiger partial charge in [0.05, 0.1) is 0 Å². The van der Waals surface area contributed by atoms with Crippen LogP contribution >= 0.6 is 0 Å². The zero-order chi connectivity index (χ0) is 19.1. The van der Waals surface area contributed by atoms with Crippen LogP contribution in [0.25, 0.3) is 0 Å². The number of allylic oxidation sites excluding steroid dienone is 2. The molecule has 0 aliphatic rings. The van der Waals surface area contributed by atoms with Crippen LogP contribution in [-0.2, 0) is 4.79 Å². The maximum atomic E-state index is 10.4. The van der Waals surface area contributed by atoms with Crippen molar-refractivity contribution in [2.24, 2.45) is 0 Å². The van der Waals surface area contributed by atoms with E-state index in [-0.39, 0.29) is 0 Å². The molecule has 2 N–H and O–H groups in total. The topological polar surface area (TPSA) is 57.5 Å². The van der Waals surface area contributed by atoms with Crippen LogP contribution in [0.1, 0.15) is 122 Å². The van der Waals surface area contributed by atoms with Gasteiger partial charge in [-0.25, -0.2) is 0 Å². The molecule has 0 spiro atoms. The SMILES string of the molecule is O=C(O)CCCCCCCCCCC=CCCCCCCCCCCO. The molecular weight excluding hydrogens is 324 g/mol. The molecule has 154 valence electrons. The highest BCUT2D eigenvalue weighted by molar-refractivity contribution is 5.66. The van der Waals surface area contributed by atoms with Crippen LogP contribution in [0.15, 0.2) is 12.2 Å². The Hall–Kier alpha value is -0.830. The van der Waals surface area contributed by atoms with Crippen molar-refractivity contribution in [3.63, 3.8) is 0 Å². The van der Waals surface area contributed by atoms with Crippen molar-refractivity contribution < 1.29 is 15.0 Å². The number of carboxylic acids is 1. The average Bonchev–Trinajstić information content (AvgIpc) is 2.62. The van der Waals surface area contributed by atoms with E-state index in [1.165, 1.54) is 96.3 Å². The molecular formula is C23H44O3. The van der Waals surface area contributed by atoms with E-state index in [1.807, 2.05) is 0 Å². The molecule has 0 heterocycles. The quantitative estimate of drug-likeness (QED) is 0.169. The minimum absolute atomic E-state index is 0.331. The standard InChI is InChI=1S/C23H44O3/c24-22-20-18-16-14-12-10-8-6-4-2-1-3-5-7-9-11-13-15-17-19-21-23(25)26/h1-2,24H,3-22H2,(H,25,26). The van der Waals surface area contributed by atoms with Gasteiger partial charge in [0.25, 0.3) is 0 Å². The lowest BCUT2D eigenvalue weighted by Gasteiger charge is -2.01. The highest BCUT2D eigenvalue weighted by Gasteiger charge is 1.96. The summed E-state index contributed by atoms with van der Waals surface area (Å²) in [5, 5.41) is 17.3. The maximum absolute atomic E-state index is 10.4. The fraction of sp³-hybridized carbons (Fsp3) is 0.870. The molecule has 26 heavy (non-hydrogen) atoms. The molecule has 0 saturated carbocycles. The Labute approximate surface area is 162 Å². The van der Waals surface area contributed by atoms with Crippen molar-refractivity contribution in [2.75, 3.05) is 6.61 Å². The Morgan fingerprint density at radius 3 is 1.27 bits per heavy atom. The molecule has 0 aromatic rings. The molecule has 0 atom stereocenters. The van der Waals surface area contributed by atoms with Gasteiger partial charge in [-0.15, -0.1) is 0 Å². The summed E-state index contributed by atoms with van der Waals surface area (Å²) < 4.78 is 0. The van der Waals surface area contributed by atoms with E-state index in [0.717, 1.165) is 19.3 Å². The molecule has 0 amide bonds. The molecule has 0 saturated heterocycles. The first-order valence-electron chi connectivity index (χ1n) is 11.2. The summed E-state index contributed by atoms with van der Waals surface area (Å²) in [7, 11) is 0. The maximum Gasteiger partial charge on any atom is 0.303 e. The third kappa shape index (κ3) is 23.2. The third-order valence-electron chi connectivity index (χ3n) is 4.96. The first-order chi connectivity index (χ1) is 12.8. The predicted molar refractivity (Wildman–Crippen MR) is 112 cm³/mol. The predicted octanol–water partition coefficient (Wildman–Crippen LogP) is 7.03. The van der Waals surface area contributed by atoms with Crippen LogP contribution in [-0.4, -0.2) is 22.8 Å². The summed E-state index contributed by atoms with van der Waals surface area (Å²) in [6.07, 6.45) is 27.3. The fourth-order valence-electron chi connectivity index (χ4n) is 3.27. The Morgan fingerprint density at radius 1 is 0.538 bits per heavy atom. The lowest BCUT2D eigenvalue weighted by Crippen LogP contribution is -1.93. The number of hydrogen-bond acceptors (Lipinski definition) is 2. The second-order valence-electron chi connectivity index (χ2n) is 7.57. The van der Waals surface area contributed by atoms with Crippen LogP contribution in [0.5, 0.6) is 0 Å². The molecule has 0 aromatic carbocycles. The molecule has 3 nitrogen and oxygen atoms in total. The van der Waals surface area contributed by atoms with Gasteiger partial charge in [-0.2, -0.15) is 0 Å². The van der Waals surface area contributed by atoms with Crippen molar-refractivity contribution in [2.45, 2.75) is 122 Å². The lowest BCUT2D eigenvalue weighted by atomic mass is 10.1. The second-order valence-corrected chi connectivity index (χ2v) is 7.57.